The van der Waals surface area contributed by atoms with Gasteiger partial charge in [0.1, 0.15) is 12.1 Å². The van der Waals surface area contributed by atoms with E-state index >= 15 is 0 Å². The van der Waals surface area contributed by atoms with E-state index in [1.54, 1.807) is 4.90 Å². The number of hydrogen-bond donors (Lipinski definition) is 1. The average Bonchev–Trinajstić information content (AvgIpc) is 2.97. The molecule has 2 atom stereocenters. The van der Waals surface area contributed by atoms with Crippen LogP contribution < -0.4 is 5.32 Å². The third kappa shape index (κ3) is 2.31. The molecule has 17 heavy (non-hydrogen) atoms. The average molecular weight is 238 g/mol. The van der Waals surface area contributed by atoms with Gasteiger partial charge in [-0.05, 0) is 31.1 Å². The molecule has 2 amide bonds. The lowest BCUT2D eigenvalue weighted by molar-refractivity contribution is -0.150. The number of amides is 2. The Kier molecular flexibility index (Phi) is 2.92. The molecule has 2 unspecified atom stereocenters. The van der Waals surface area contributed by atoms with E-state index in [9.17, 15) is 9.59 Å². The highest BCUT2D eigenvalue weighted by molar-refractivity contribution is 5.96. The van der Waals surface area contributed by atoms with Gasteiger partial charge in [-0.15, -0.1) is 0 Å². The normalized spacial score (nSPS) is 31.7. The fraction of sp³-hybridized carbons (Fsp3) is 0.846. The van der Waals surface area contributed by atoms with E-state index in [4.69, 9.17) is 0 Å². The summed E-state index contributed by atoms with van der Waals surface area (Å²) in [5, 5.41) is 2.82. The first kappa shape index (κ1) is 12.4. The molecule has 4 heteroatoms. The van der Waals surface area contributed by atoms with Crippen molar-refractivity contribution >= 4 is 11.8 Å². The van der Waals surface area contributed by atoms with Gasteiger partial charge in [0.05, 0.1) is 0 Å². The maximum atomic E-state index is 12.3. The van der Waals surface area contributed by atoms with Gasteiger partial charge in [0.15, 0.2) is 0 Å². The Bertz CT molecular complexity index is 347. The van der Waals surface area contributed by atoms with E-state index in [0.717, 1.165) is 19.4 Å². The van der Waals surface area contributed by atoms with Crippen molar-refractivity contribution in [1.29, 1.82) is 0 Å². The molecule has 0 aromatic rings. The topological polar surface area (TPSA) is 49.4 Å². The lowest BCUT2D eigenvalue weighted by Gasteiger charge is -2.40. The first-order valence-electron chi connectivity index (χ1n) is 6.45. The van der Waals surface area contributed by atoms with E-state index in [-0.39, 0.29) is 35.2 Å². The number of nitrogens with one attached hydrogen (secondary N) is 1. The first-order valence-corrected chi connectivity index (χ1v) is 6.45. The molecule has 0 bridgehead atoms. The minimum Gasteiger partial charge on any atom is -0.342 e. The van der Waals surface area contributed by atoms with Gasteiger partial charge in [0.25, 0.3) is 0 Å². The third-order valence-electron chi connectivity index (χ3n) is 4.02. The van der Waals surface area contributed by atoms with Crippen LogP contribution in [-0.2, 0) is 9.59 Å². The van der Waals surface area contributed by atoms with Gasteiger partial charge >= 0.3 is 0 Å². The highest BCUT2D eigenvalue weighted by atomic mass is 16.2. The van der Waals surface area contributed by atoms with Crippen LogP contribution in [0.25, 0.3) is 0 Å². The van der Waals surface area contributed by atoms with Gasteiger partial charge in [-0.2, -0.15) is 0 Å². The Labute approximate surface area is 103 Å². The number of carbonyl (C=O) groups is 2. The van der Waals surface area contributed by atoms with E-state index < -0.39 is 0 Å². The maximum absolute atomic E-state index is 12.3. The number of carbonyl (C=O) groups excluding carboxylic acids is 2. The van der Waals surface area contributed by atoms with E-state index in [2.05, 4.69) is 12.2 Å². The summed E-state index contributed by atoms with van der Waals surface area (Å²) in [6, 6.07) is -0.670. The molecule has 0 aromatic heterocycles. The lowest BCUT2D eigenvalue weighted by Crippen LogP contribution is -2.64. The summed E-state index contributed by atoms with van der Waals surface area (Å²) in [4.78, 5) is 26.0. The largest absolute Gasteiger partial charge is 0.342 e. The molecule has 2 aliphatic rings. The molecular formula is C13H22N2O2. The molecule has 1 aliphatic carbocycles. The minimum absolute atomic E-state index is 0.0208. The standard InChI is InChI=1S/C13H22N2O2/c1-8(2)10-12(17)15(7-13(4)5-6-13)9(3)11(16)14-10/h8-10H,5-7H2,1-4H3,(H,14,16). The van der Waals surface area contributed by atoms with Crippen molar-refractivity contribution in [2.75, 3.05) is 6.54 Å². The van der Waals surface area contributed by atoms with E-state index in [1.165, 1.54) is 0 Å². The molecule has 1 saturated heterocycles. The molecule has 1 saturated carbocycles. The maximum Gasteiger partial charge on any atom is 0.246 e. The zero-order chi connectivity index (χ0) is 12.8. The lowest BCUT2D eigenvalue weighted by atomic mass is 9.97. The van der Waals surface area contributed by atoms with E-state index in [1.807, 2.05) is 20.8 Å². The van der Waals surface area contributed by atoms with Crippen LogP contribution in [0.1, 0.15) is 40.5 Å². The van der Waals surface area contributed by atoms with E-state index in [0.29, 0.717) is 0 Å². The van der Waals surface area contributed by atoms with Gasteiger partial charge < -0.3 is 10.2 Å². The zero-order valence-electron chi connectivity index (χ0n) is 11.1. The van der Waals surface area contributed by atoms with Crippen molar-refractivity contribution in [3.63, 3.8) is 0 Å². The van der Waals surface area contributed by atoms with Gasteiger partial charge in [0.2, 0.25) is 11.8 Å². The molecule has 0 aromatic carbocycles. The second-order valence-corrected chi connectivity index (χ2v) is 6.18. The number of hydrogen-bond acceptors (Lipinski definition) is 2. The predicted octanol–water partition coefficient (Wildman–Crippen LogP) is 1.16. The Morgan fingerprint density at radius 3 is 2.47 bits per heavy atom. The SMILES string of the molecule is CC(C)C1NC(=O)C(C)N(CC2(C)CC2)C1=O. The van der Waals surface area contributed by atoms with Gasteiger partial charge in [-0.3, -0.25) is 9.59 Å². The smallest absolute Gasteiger partial charge is 0.246 e. The molecule has 2 rings (SSSR count). The molecule has 96 valence electrons. The fourth-order valence-corrected chi connectivity index (χ4v) is 2.30. The summed E-state index contributed by atoms with van der Waals surface area (Å²) in [7, 11) is 0. The van der Waals surface area contributed by atoms with Crippen LogP contribution in [0.2, 0.25) is 0 Å². The van der Waals surface area contributed by atoms with Crippen molar-refractivity contribution in [3.05, 3.63) is 0 Å². The van der Waals surface area contributed by atoms with Gasteiger partial charge in [-0.1, -0.05) is 20.8 Å². The molecule has 4 nitrogen and oxygen atoms in total. The summed E-state index contributed by atoms with van der Waals surface area (Å²) >= 11 is 0. The van der Waals surface area contributed by atoms with Crippen LogP contribution >= 0.6 is 0 Å². The molecule has 0 radical (unpaired) electrons. The highest BCUT2D eigenvalue weighted by Gasteiger charge is 2.46. The fourth-order valence-electron chi connectivity index (χ4n) is 2.30. The molecular weight excluding hydrogens is 216 g/mol. The minimum atomic E-state index is -0.346. The van der Waals surface area contributed by atoms with Crippen molar-refractivity contribution in [3.8, 4) is 0 Å². The quantitative estimate of drug-likeness (QED) is 0.802. The Morgan fingerprint density at radius 2 is 2.00 bits per heavy atom. The number of piperazine rings is 1. The monoisotopic (exact) mass is 238 g/mol. The van der Waals surface area contributed by atoms with Crippen LogP contribution in [0.4, 0.5) is 0 Å². The molecule has 0 spiro atoms. The van der Waals surface area contributed by atoms with Crippen molar-refractivity contribution in [2.45, 2.75) is 52.6 Å². The van der Waals surface area contributed by atoms with Gasteiger partial charge in [-0.25, -0.2) is 0 Å². The predicted molar refractivity (Wildman–Crippen MR) is 65.3 cm³/mol. The summed E-state index contributed by atoms with van der Waals surface area (Å²) in [5.74, 6) is 0.209. The van der Waals surface area contributed by atoms with Crippen LogP contribution in [-0.4, -0.2) is 35.3 Å². The molecule has 1 heterocycles. The first-order chi connectivity index (χ1) is 7.84. The van der Waals surface area contributed by atoms with Crippen LogP contribution in [0.5, 0.6) is 0 Å². The highest BCUT2D eigenvalue weighted by Crippen LogP contribution is 2.46. The van der Waals surface area contributed by atoms with Crippen molar-refractivity contribution < 1.29 is 9.59 Å². The zero-order valence-corrected chi connectivity index (χ0v) is 11.1. The Morgan fingerprint density at radius 1 is 1.41 bits per heavy atom. The van der Waals surface area contributed by atoms with Crippen LogP contribution in [0.15, 0.2) is 0 Å². The number of nitrogens with zero attached hydrogens (tertiary/aromatic N) is 1. The van der Waals surface area contributed by atoms with Crippen LogP contribution in [0, 0.1) is 11.3 Å². The second kappa shape index (κ2) is 4.00. The second-order valence-electron chi connectivity index (χ2n) is 6.18. The Balaban J connectivity index is 2.15. The summed E-state index contributed by atoms with van der Waals surface area (Å²) in [6.07, 6.45) is 2.33. The van der Waals surface area contributed by atoms with Crippen LogP contribution in [0.3, 0.4) is 0 Å². The number of rotatable bonds is 3. The Hall–Kier alpha value is -1.06. The third-order valence-corrected chi connectivity index (χ3v) is 4.02. The molecule has 1 N–H and O–H groups in total. The van der Waals surface area contributed by atoms with Crippen molar-refractivity contribution in [1.82, 2.24) is 10.2 Å². The summed E-state index contributed by atoms with van der Waals surface area (Å²) in [5.41, 5.74) is 0.253. The molecule has 1 aliphatic heterocycles. The van der Waals surface area contributed by atoms with Gasteiger partial charge in [0, 0.05) is 6.54 Å². The summed E-state index contributed by atoms with van der Waals surface area (Å²) in [6.45, 7) is 8.66. The van der Waals surface area contributed by atoms with Crippen molar-refractivity contribution in [2.24, 2.45) is 11.3 Å². The summed E-state index contributed by atoms with van der Waals surface area (Å²) < 4.78 is 0. The molecule has 2 fully saturated rings.